The summed E-state index contributed by atoms with van der Waals surface area (Å²) >= 11 is 0. The first-order chi connectivity index (χ1) is 11.8. The van der Waals surface area contributed by atoms with E-state index in [1.807, 2.05) is 6.07 Å². The fraction of sp³-hybridized carbons (Fsp3) is 0.611. The zero-order valence-corrected chi connectivity index (χ0v) is 16.2. The van der Waals surface area contributed by atoms with Crippen LogP contribution in [0.2, 0.25) is 0 Å². The highest BCUT2D eigenvalue weighted by atomic mass is 32.2. The van der Waals surface area contributed by atoms with Gasteiger partial charge >= 0.3 is 0 Å². The Labute approximate surface area is 151 Å². The molecule has 0 unspecified atom stereocenters. The molecule has 0 spiro atoms. The van der Waals surface area contributed by atoms with Crippen LogP contribution in [0.4, 0.5) is 0 Å². The van der Waals surface area contributed by atoms with Crippen LogP contribution >= 0.6 is 0 Å². The lowest BCUT2D eigenvalue weighted by molar-refractivity contribution is -0.126. The second kappa shape index (κ2) is 8.78. The summed E-state index contributed by atoms with van der Waals surface area (Å²) < 4.78 is 27.1. The van der Waals surface area contributed by atoms with Gasteiger partial charge in [0.15, 0.2) is 0 Å². The number of carbonyl (C=O) groups excluding carboxylic acids is 1. The lowest BCUT2D eigenvalue weighted by Gasteiger charge is -2.32. The van der Waals surface area contributed by atoms with Gasteiger partial charge in [-0.25, -0.2) is 0 Å². The van der Waals surface area contributed by atoms with Crippen LogP contribution in [0.5, 0.6) is 0 Å². The van der Waals surface area contributed by atoms with Crippen molar-refractivity contribution in [3.05, 3.63) is 35.4 Å². The van der Waals surface area contributed by atoms with E-state index in [9.17, 15) is 13.2 Å². The molecule has 1 amide bonds. The molecular formula is C18H29N3O3S. The van der Waals surface area contributed by atoms with Crippen molar-refractivity contribution < 1.29 is 13.2 Å². The van der Waals surface area contributed by atoms with Gasteiger partial charge < -0.3 is 5.32 Å². The average molecular weight is 368 g/mol. The Kier molecular flexibility index (Phi) is 6.98. The predicted molar refractivity (Wildman–Crippen MR) is 99.4 cm³/mol. The summed E-state index contributed by atoms with van der Waals surface area (Å²) in [6.45, 7) is 3.44. The third-order valence-electron chi connectivity index (χ3n) is 4.57. The summed E-state index contributed by atoms with van der Waals surface area (Å²) in [5.41, 5.74) is 2.51. The van der Waals surface area contributed by atoms with Gasteiger partial charge in [0.2, 0.25) is 5.91 Å². The Morgan fingerprint density at radius 3 is 2.80 bits per heavy atom. The molecule has 7 heteroatoms. The van der Waals surface area contributed by atoms with Crippen molar-refractivity contribution in [3.8, 4) is 0 Å². The van der Waals surface area contributed by atoms with Crippen LogP contribution in [-0.2, 0) is 21.4 Å². The Bertz CT molecular complexity index is 689. The molecule has 140 valence electrons. The van der Waals surface area contributed by atoms with E-state index in [0.717, 1.165) is 19.3 Å². The molecular weight excluding hydrogens is 338 g/mol. The van der Waals surface area contributed by atoms with Gasteiger partial charge in [0.25, 0.3) is 10.2 Å². The zero-order chi connectivity index (χ0) is 18.4. The number of nitrogens with one attached hydrogen (secondary N) is 1. The van der Waals surface area contributed by atoms with Crippen LogP contribution < -0.4 is 5.32 Å². The summed E-state index contributed by atoms with van der Waals surface area (Å²) in [5.74, 6) is -0.301. The Balaban J connectivity index is 1.78. The van der Waals surface area contributed by atoms with E-state index in [1.54, 1.807) is 0 Å². The van der Waals surface area contributed by atoms with Crippen LogP contribution in [0.3, 0.4) is 0 Å². The van der Waals surface area contributed by atoms with Gasteiger partial charge in [-0.15, -0.1) is 0 Å². The standard InChI is InChI=1S/C18H29N3O3S/c1-15-7-4-8-16(13-15)9-5-11-19-18(22)17-10-6-12-21(14-17)25(23,24)20(2)3/h4,7-8,13,17H,5-6,9-12,14H2,1-3H3,(H,19,22)/t17-/m0/s1. The number of piperidine rings is 1. The maximum absolute atomic E-state index is 12.4. The first-order valence-corrected chi connectivity index (χ1v) is 10.2. The fourth-order valence-electron chi connectivity index (χ4n) is 3.11. The van der Waals surface area contributed by atoms with Gasteiger partial charge in [-0.2, -0.15) is 17.0 Å². The highest BCUT2D eigenvalue weighted by Crippen LogP contribution is 2.20. The average Bonchev–Trinajstić information content (AvgIpc) is 2.58. The van der Waals surface area contributed by atoms with Crippen LogP contribution in [0.15, 0.2) is 24.3 Å². The minimum Gasteiger partial charge on any atom is -0.356 e. The molecule has 1 saturated heterocycles. The Hall–Kier alpha value is -1.44. The van der Waals surface area contributed by atoms with E-state index in [4.69, 9.17) is 0 Å². The molecule has 1 fully saturated rings. The summed E-state index contributed by atoms with van der Waals surface area (Å²) in [7, 11) is -0.409. The van der Waals surface area contributed by atoms with Crippen molar-refractivity contribution in [2.24, 2.45) is 5.92 Å². The third-order valence-corrected chi connectivity index (χ3v) is 6.47. The molecule has 1 aliphatic heterocycles. The molecule has 6 nitrogen and oxygen atoms in total. The molecule has 1 N–H and O–H groups in total. The normalized spacial score (nSPS) is 19.1. The van der Waals surface area contributed by atoms with E-state index in [2.05, 4.69) is 30.4 Å². The minimum atomic E-state index is -3.45. The van der Waals surface area contributed by atoms with Gasteiger partial charge in [0.1, 0.15) is 0 Å². The number of amides is 1. The van der Waals surface area contributed by atoms with E-state index >= 15 is 0 Å². The van der Waals surface area contributed by atoms with E-state index in [1.165, 1.54) is 33.8 Å². The number of rotatable bonds is 7. The lowest BCUT2D eigenvalue weighted by Crippen LogP contribution is -2.48. The molecule has 0 bridgehead atoms. The second-order valence-corrected chi connectivity index (χ2v) is 9.01. The van der Waals surface area contributed by atoms with Crippen molar-refractivity contribution in [3.63, 3.8) is 0 Å². The van der Waals surface area contributed by atoms with Crippen LogP contribution in [0, 0.1) is 12.8 Å². The smallest absolute Gasteiger partial charge is 0.281 e. The number of nitrogens with zero attached hydrogens (tertiary/aromatic N) is 2. The summed E-state index contributed by atoms with van der Waals surface area (Å²) in [4.78, 5) is 12.4. The molecule has 0 saturated carbocycles. The molecule has 2 rings (SSSR count). The van der Waals surface area contributed by atoms with Crippen molar-refractivity contribution >= 4 is 16.1 Å². The van der Waals surface area contributed by atoms with Crippen LogP contribution in [0.1, 0.15) is 30.4 Å². The number of benzene rings is 1. The van der Waals surface area contributed by atoms with Crippen molar-refractivity contribution in [1.29, 1.82) is 0 Å². The molecule has 0 radical (unpaired) electrons. The highest BCUT2D eigenvalue weighted by molar-refractivity contribution is 7.86. The molecule has 1 aromatic rings. The van der Waals surface area contributed by atoms with Crippen LogP contribution in [0.25, 0.3) is 0 Å². The van der Waals surface area contributed by atoms with E-state index < -0.39 is 10.2 Å². The summed E-state index contributed by atoms with van der Waals surface area (Å²) in [6.07, 6.45) is 3.26. The quantitative estimate of drug-likeness (QED) is 0.744. The summed E-state index contributed by atoms with van der Waals surface area (Å²) in [6, 6.07) is 8.37. The Morgan fingerprint density at radius 1 is 1.36 bits per heavy atom. The topological polar surface area (TPSA) is 69.7 Å². The number of hydrogen-bond acceptors (Lipinski definition) is 3. The van der Waals surface area contributed by atoms with Crippen molar-refractivity contribution in [2.45, 2.75) is 32.6 Å². The van der Waals surface area contributed by atoms with Gasteiger partial charge in [-0.05, 0) is 38.2 Å². The number of aryl methyl sites for hydroxylation is 2. The highest BCUT2D eigenvalue weighted by Gasteiger charge is 2.33. The molecule has 25 heavy (non-hydrogen) atoms. The van der Waals surface area contributed by atoms with E-state index in [-0.39, 0.29) is 18.4 Å². The molecule has 0 aromatic heterocycles. The van der Waals surface area contributed by atoms with Crippen LogP contribution in [-0.4, -0.2) is 56.7 Å². The minimum absolute atomic E-state index is 0.0390. The SMILES string of the molecule is Cc1cccc(CCCNC(=O)[C@H]2CCCN(S(=O)(=O)N(C)C)C2)c1. The lowest BCUT2D eigenvalue weighted by atomic mass is 9.98. The Morgan fingerprint density at radius 2 is 2.12 bits per heavy atom. The van der Waals surface area contributed by atoms with Gasteiger partial charge in [0, 0.05) is 33.7 Å². The summed E-state index contributed by atoms with van der Waals surface area (Å²) in [5, 5.41) is 2.96. The van der Waals surface area contributed by atoms with Crippen molar-refractivity contribution in [2.75, 3.05) is 33.7 Å². The first kappa shape index (κ1) is 19.9. The van der Waals surface area contributed by atoms with Gasteiger partial charge in [-0.1, -0.05) is 29.8 Å². The van der Waals surface area contributed by atoms with Crippen molar-refractivity contribution in [1.82, 2.24) is 13.9 Å². The number of carbonyl (C=O) groups is 1. The van der Waals surface area contributed by atoms with Gasteiger partial charge in [0.05, 0.1) is 5.92 Å². The largest absolute Gasteiger partial charge is 0.356 e. The molecule has 0 aliphatic carbocycles. The second-order valence-electron chi connectivity index (χ2n) is 6.87. The molecule has 1 aromatic carbocycles. The first-order valence-electron chi connectivity index (χ1n) is 8.81. The van der Waals surface area contributed by atoms with E-state index in [0.29, 0.717) is 19.5 Å². The maximum Gasteiger partial charge on any atom is 0.281 e. The fourth-order valence-corrected chi connectivity index (χ4v) is 4.30. The molecule has 1 heterocycles. The maximum atomic E-state index is 12.4. The monoisotopic (exact) mass is 367 g/mol. The predicted octanol–water partition coefficient (Wildman–Crippen LogP) is 1.56. The molecule has 1 atom stereocenters. The molecule has 1 aliphatic rings. The third kappa shape index (κ3) is 5.52. The van der Waals surface area contributed by atoms with Gasteiger partial charge in [-0.3, -0.25) is 4.79 Å². The number of hydrogen-bond donors (Lipinski definition) is 1. The zero-order valence-electron chi connectivity index (χ0n) is 15.4.